The number of hydrogen-bond acceptors (Lipinski definition) is 5. The second-order valence-electron chi connectivity index (χ2n) is 5.54. The summed E-state index contributed by atoms with van der Waals surface area (Å²) in [6, 6.07) is 0.363. The lowest BCUT2D eigenvalue weighted by Crippen LogP contribution is -2.47. The molecule has 20 heavy (non-hydrogen) atoms. The van der Waals surface area contributed by atoms with Gasteiger partial charge in [0.2, 0.25) is 11.0 Å². The highest BCUT2D eigenvalue weighted by Gasteiger charge is 2.37. The molecular formula is C13H17ClN4O2. The molecule has 0 bridgehead atoms. The third kappa shape index (κ3) is 2.32. The zero-order valence-electron chi connectivity index (χ0n) is 11.2. The van der Waals surface area contributed by atoms with E-state index in [0.717, 1.165) is 19.4 Å². The zero-order chi connectivity index (χ0) is 14.1. The predicted octanol–water partition coefficient (Wildman–Crippen LogP) is 3.20. The lowest BCUT2D eigenvalue weighted by Gasteiger charge is -2.44. The number of nitro groups is 1. The van der Waals surface area contributed by atoms with Crippen molar-refractivity contribution in [2.24, 2.45) is 5.92 Å². The third-order valence-electron chi connectivity index (χ3n) is 4.46. The van der Waals surface area contributed by atoms with E-state index in [-0.39, 0.29) is 10.8 Å². The first-order valence-corrected chi connectivity index (χ1v) is 7.48. The number of aromatic nitrogens is 2. The molecular weight excluding hydrogens is 280 g/mol. The molecule has 1 aromatic heterocycles. The average Bonchev–Trinajstić information content (AvgIpc) is 2.46. The van der Waals surface area contributed by atoms with Gasteiger partial charge in [0.25, 0.3) is 0 Å². The Bertz CT molecular complexity index is 523. The van der Waals surface area contributed by atoms with E-state index in [1.807, 2.05) is 0 Å². The Balaban J connectivity index is 1.99. The van der Waals surface area contributed by atoms with Crippen molar-refractivity contribution in [2.45, 2.75) is 44.6 Å². The van der Waals surface area contributed by atoms with Crippen LogP contribution in [0.5, 0.6) is 0 Å². The number of hydrogen-bond donors (Lipinski definition) is 0. The molecule has 1 saturated heterocycles. The quantitative estimate of drug-likeness (QED) is 0.476. The van der Waals surface area contributed by atoms with Crippen LogP contribution in [0.1, 0.15) is 38.5 Å². The molecule has 2 heterocycles. The molecule has 2 atom stereocenters. The maximum absolute atomic E-state index is 11.3. The zero-order valence-corrected chi connectivity index (χ0v) is 11.9. The standard InChI is InChI=1S/C13H17ClN4O2/c14-12-11(18(19)20)13(16-8-15-12)17-7-3-5-9-4-1-2-6-10(9)17/h8-10H,1-7H2. The van der Waals surface area contributed by atoms with Gasteiger partial charge in [-0.2, -0.15) is 0 Å². The first kappa shape index (κ1) is 13.5. The first-order chi connectivity index (χ1) is 9.68. The molecule has 1 saturated carbocycles. The molecule has 1 aliphatic heterocycles. The lowest BCUT2D eigenvalue weighted by atomic mass is 9.78. The second kappa shape index (κ2) is 5.52. The fourth-order valence-electron chi connectivity index (χ4n) is 3.60. The van der Waals surface area contributed by atoms with Gasteiger partial charge in [0, 0.05) is 12.6 Å². The fraction of sp³-hybridized carbons (Fsp3) is 0.692. The third-order valence-corrected chi connectivity index (χ3v) is 4.73. The molecule has 0 N–H and O–H groups in total. The average molecular weight is 297 g/mol. The molecule has 3 rings (SSSR count). The molecule has 1 aliphatic carbocycles. The van der Waals surface area contributed by atoms with Crippen LogP contribution in [-0.4, -0.2) is 27.5 Å². The van der Waals surface area contributed by atoms with Gasteiger partial charge < -0.3 is 4.90 Å². The summed E-state index contributed by atoms with van der Waals surface area (Å²) in [6.07, 6.45) is 8.34. The van der Waals surface area contributed by atoms with Gasteiger partial charge in [-0.15, -0.1) is 0 Å². The molecule has 108 valence electrons. The summed E-state index contributed by atoms with van der Waals surface area (Å²) in [6.45, 7) is 0.815. The Labute approximate surface area is 122 Å². The van der Waals surface area contributed by atoms with Gasteiger partial charge in [-0.1, -0.05) is 24.4 Å². The normalized spacial score (nSPS) is 26.1. The van der Waals surface area contributed by atoms with Crippen molar-refractivity contribution in [2.75, 3.05) is 11.4 Å². The molecule has 0 aromatic carbocycles. The summed E-state index contributed by atoms with van der Waals surface area (Å²) < 4.78 is 0. The van der Waals surface area contributed by atoms with Crippen molar-refractivity contribution in [1.29, 1.82) is 0 Å². The Morgan fingerprint density at radius 1 is 1.25 bits per heavy atom. The minimum atomic E-state index is -0.468. The van der Waals surface area contributed by atoms with E-state index >= 15 is 0 Å². The lowest BCUT2D eigenvalue weighted by molar-refractivity contribution is -0.384. The van der Waals surface area contributed by atoms with Crippen LogP contribution < -0.4 is 4.90 Å². The van der Waals surface area contributed by atoms with E-state index in [0.29, 0.717) is 17.8 Å². The second-order valence-corrected chi connectivity index (χ2v) is 5.90. The molecule has 0 radical (unpaired) electrons. The highest BCUT2D eigenvalue weighted by molar-refractivity contribution is 6.31. The Morgan fingerprint density at radius 3 is 2.80 bits per heavy atom. The van der Waals surface area contributed by atoms with Crippen molar-refractivity contribution in [3.8, 4) is 0 Å². The molecule has 2 fully saturated rings. The molecule has 0 spiro atoms. The summed E-state index contributed by atoms with van der Waals surface area (Å²) in [5.74, 6) is 1.03. The number of nitrogens with zero attached hydrogens (tertiary/aromatic N) is 4. The van der Waals surface area contributed by atoms with Gasteiger partial charge in [-0.05, 0) is 31.6 Å². The minimum Gasteiger partial charge on any atom is -0.347 e. The summed E-state index contributed by atoms with van der Waals surface area (Å²) in [5.41, 5.74) is -0.152. The van der Waals surface area contributed by atoms with Gasteiger partial charge in [0.1, 0.15) is 6.33 Å². The number of fused-ring (bicyclic) bond motifs is 1. The van der Waals surface area contributed by atoms with Gasteiger partial charge in [0.05, 0.1) is 4.92 Å². The van der Waals surface area contributed by atoms with Crippen LogP contribution in [0.3, 0.4) is 0 Å². The van der Waals surface area contributed by atoms with Crippen LogP contribution >= 0.6 is 11.6 Å². The summed E-state index contributed by atoms with van der Waals surface area (Å²) in [5, 5.41) is 11.2. The van der Waals surface area contributed by atoms with Crippen LogP contribution in [-0.2, 0) is 0 Å². The van der Waals surface area contributed by atoms with Crippen LogP contribution in [0.2, 0.25) is 5.15 Å². The number of anilines is 1. The Hall–Kier alpha value is -1.43. The Kier molecular flexibility index (Phi) is 3.74. The van der Waals surface area contributed by atoms with Crippen LogP contribution in [0, 0.1) is 16.0 Å². The fourth-order valence-corrected chi connectivity index (χ4v) is 3.80. The SMILES string of the molecule is O=[N+]([O-])c1c(Cl)ncnc1N1CCCC2CCCCC21. The topological polar surface area (TPSA) is 72.2 Å². The van der Waals surface area contributed by atoms with Gasteiger partial charge >= 0.3 is 5.69 Å². The van der Waals surface area contributed by atoms with Crippen molar-refractivity contribution in [3.63, 3.8) is 0 Å². The number of halogens is 1. The van der Waals surface area contributed by atoms with E-state index in [4.69, 9.17) is 11.6 Å². The van der Waals surface area contributed by atoms with Crippen LogP contribution in [0.25, 0.3) is 0 Å². The molecule has 2 aliphatic rings. The van der Waals surface area contributed by atoms with Gasteiger partial charge in [-0.3, -0.25) is 10.1 Å². The highest BCUT2D eigenvalue weighted by atomic mass is 35.5. The summed E-state index contributed by atoms with van der Waals surface area (Å²) in [7, 11) is 0. The molecule has 7 heteroatoms. The largest absolute Gasteiger partial charge is 0.348 e. The van der Waals surface area contributed by atoms with E-state index in [9.17, 15) is 10.1 Å². The van der Waals surface area contributed by atoms with Crippen molar-refractivity contribution in [3.05, 3.63) is 21.6 Å². The monoisotopic (exact) mass is 296 g/mol. The molecule has 1 aromatic rings. The van der Waals surface area contributed by atoms with Crippen LogP contribution in [0.15, 0.2) is 6.33 Å². The maximum atomic E-state index is 11.3. The van der Waals surface area contributed by atoms with E-state index in [2.05, 4.69) is 14.9 Å². The molecule has 2 unspecified atom stereocenters. The van der Waals surface area contributed by atoms with Crippen molar-refractivity contribution in [1.82, 2.24) is 9.97 Å². The number of piperidine rings is 1. The first-order valence-electron chi connectivity index (χ1n) is 7.10. The molecule has 6 nitrogen and oxygen atoms in total. The Morgan fingerprint density at radius 2 is 2.00 bits per heavy atom. The van der Waals surface area contributed by atoms with Crippen molar-refractivity contribution >= 4 is 23.1 Å². The summed E-state index contributed by atoms with van der Waals surface area (Å²) in [4.78, 5) is 20.8. The minimum absolute atomic E-state index is 0.0714. The molecule has 0 amide bonds. The van der Waals surface area contributed by atoms with Gasteiger partial charge in [0.15, 0.2) is 0 Å². The van der Waals surface area contributed by atoms with Gasteiger partial charge in [-0.25, -0.2) is 9.97 Å². The summed E-state index contributed by atoms with van der Waals surface area (Å²) >= 11 is 5.90. The van der Waals surface area contributed by atoms with E-state index < -0.39 is 4.92 Å². The van der Waals surface area contributed by atoms with Crippen molar-refractivity contribution < 1.29 is 4.92 Å². The van der Waals surface area contributed by atoms with E-state index in [1.54, 1.807) is 0 Å². The maximum Gasteiger partial charge on any atom is 0.348 e. The van der Waals surface area contributed by atoms with E-state index in [1.165, 1.54) is 32.0 Å². The van der Waals surface area contributed by atoms with Crippen LogP contribution in [0.4, 0.5) is 11.5 Å². The predicted molar refractivity (Wildman–Crippen MR) is 76.0 cm³/mol. The smallest absolute Gasteiger partial charge is 0.347 e. The number of rotatable bonds is 2. The highest BCUT2D eigenvalue weighted by Crippen LogP contribution is 2.40.